The number of hydrogen-bond acceptors (Lipinski definition) is 4. The number of carbonyl (C=O) groups is 2. The summed E-state index contributed by atoms with van der Waals surface area (Å²) in [4.78, 5) is 24.2. The van der Waals surface area contributed by atoms with Crippen LogP contribution in [0, 0.1) is 0 Å². The van der Waals surface area contributed by atoms with Crippen LogP contribution in [0.1, 0.15) is 25.6 Å². The molecule has 5 nitrogen and oxygen atoms in total. The van der Waals surface area contributed by atoms with E-state index < -0.39 is 24.9 Å². The van der Waals surface area contributed by atoms with Crippen LogP contribution in [0.15, 0.2) is 41.8 Å². The van der Waals surface area contributed by atoms with Gasteiger partial charge in [0.05, 0.1) is 18.0 Å². The summed E-state index contributed by atoms with van der Waals surface area (Å²) in [6, 6.07) is 9.87. The molecule has 0 aliphatic rings. The van der Waals surface area contributed by atoms with E-state index in [2.05, 4.69) is 10.6 Å². The van der Waals surface area contributed by atoms with Gasteiger partial charge in [0.15, 0.2) is 0 Å². The molecule has 2 aromatic rings. The Bertz CT molecular complexity index is 688. The molecule has 8 heteroatoms. The number of rotatable bonds is 7. The van der Waals surface area contributed by atoms with E-state index >= 15 is 0 Å². The lowest BCUT2D eigenvalue weighted by Crippen LogP contribution is -2.41. The third-order valence-electron chi connectivity index (χ3n) is 3.22. The second-order valence-electron chi connectivity index (χ2n) is 5.10. The molecule has 1 heterocycles. The van der Waals surface area contributed by atoms with Crippen LogP contribution in [0.4, 0.5) is 8.78 Å². The molecule has 1 aromatic heterocycles. The van der Waals surface area contributed by atoms with Gasteiger partial charge in [-0.15, -0.1) is 11.3 Å². The van der Waals surface area contributed by atoms with Crippen molar-refractivity contribution in [1.82, 2.24) is 10.6 Å². The van der Waals surface area contributed by atoms with Gasteiger partial charge in [0, 0.05) is 12.1 Å². The molecule has 0 saturated heterocycles. The topological polar surface area (TPSA) is 84.2 Å². The first kappa shape index (κ1) is 18.0. The number of halogens is 2. The summed E-state index contributed by atoms with van der Waals surface area (Å²) in [5, 5.41) is 6.72. The lowest BCUT2D eigenvalue weighted by atomic mass is 10.1. The summed E-state index contributed by atoms with van der Waals surface area (Å²) >= 11 is 1.35. The van der Waals surface area contributed by atoms with Crippen molar-refractivity contribution in [2.75, 3.05) is 13.1 Å². The van der Waals surface area contributed by atoms with Crippen molar-refractivity contribution in [3.8, 4) is 0 Å². The zero-order chi connectivity index (χ0) is 17.6. The molecule has 4 N–H and O–H groups in total. The normalized spacial score (nSPS) is 11.1. The predicted molar refractivity (Wildman–Crippen MR) is 88.3 cm³/mol. The Morgan fingerprint density at radius 3 is 2.38 bits per heavy atom. The van der Waals surface area contributed by atoms with E-state index in [1.54, 1.807) is 24.3 Å². The summed E-state index contributed by atoms with van der Waals surface area (Å²) in [6.45, 7) is -1.32. The third kappa shape index (κ3) is 5.10. The van der Waals surface area contributed by atoms with Crippen LogP contribution >= 0.6 is 11.3 Å². The lowest BCUT2D eigenvalue weighted by molar-refractivity contribution is 0.0118. The molecular weight excluding hydrogens is 336 g/mol. The van der Waals surface area contributed by atoms with E-state index in [-0.39, 0.29) is 11.5 Å². The zero-order valence-electron chi connectivity index (χ0n) is 12.7. The summed E-state index contributed by atoms with van der Waals surface area (Å²) < 4.78 is 26.0. The highest BCUT2D eigenvalue weighted by atomic mass is 32.1. The highest BCUT2D eigenvalue weighted by molar-refractivity contribution is 7.12. The number of nitrogens with two attached hydrogens (primary N) is 1. The molecule has 24 heavy (non-hydrogen) atoms. The average molecular weight is 353 g/mol. The number of nitrogens with one attached hydrogen (secondary N) is 2. The molecule has 2 amide bonds. The third-order valence-corrected chi connectivity index (χ3v) is 4.09. The largest absolute Gasteiger partial charge is 0.347 e. The van der Waals surface area contributed by atoms with Gasteiger partial charge in [0.2, 0.25) is 0 Å². The van der Waals surface area contributed by atoms with Crippen molar-refractivity contribution in [3.63, 3.8) is 0 Å². The Morgan fingerprint density at radius 1 is 1.08 bits per heavy atom. The van der Waals surface area contributed by atoms with Gasteiger partial charge in [0.1, 0.15) is 0 Å². The first-order valence-electron chi connectivity index (χ1n) is 7.18. The van der Waals surface area contributed by atoms with Crippen LogP contribution in [-0.2, 0) is 6.54 Å². The van der Waals surface area contributed by atoms with Gasteiger partial charge in [-0.25, -0.2) is 8.78 Å². The van der Waals surface area contributed by atoms with Crippen LogP contribution in [-0.4, -0.2) is 30.8 Å². The van der Waals surface area contributed by atoms with Crippen LogP contribution in [0.25, 0.3) is 0 Å². The van der Waals surface area contributed by atoms with Gasteiger partial charge in [-0.3, -0.25) is 9.59 Å². The molecule has 1 aromatic carbocycles. The van der Waals surface area contributed by atoms with Crippen molar-refractivity contribution in [3.05, 3.63) is 57.8 Å². The molecule has 0 spiro atoms. The minimum atomic E-state index is -3.12. The van der Waals surface area contributed by atoms with Gasteiger partial charge in [-0.2, -0.15) is 0 Å². The van der Waals surface area contributed by atoms with Gasteiger partial charge >= 0.3 is 0 Å². The molecule has 0 radical (unpaired) electrons. The summed E-state index contributed by atoms with van der Waals surface area (Å²) in [6.07, 6.45) is 0. The highest BCUT2D eigenvalue weighted by Crippen LogP contribution is 2.11. The monoisotopic (exact) mass is 353 g/mol. The summed E-state index contributed by atoms with van der Waals surface area (Å²) in [5.74, 6) is -3.89. The van der Waals surface area contributed by atoms with E-state index in [1.165, 1.54) is 23.5 Å². The standard InChI is InChI=1S/C16H17F2N3O2S/c17-16(18,9-19)10-21-14(22)12-5-3-11(4-6-12)8-20-15(23)13-2-1-7-24-13/h1-7H,8-10,19H2,(H,20,23)(H,21,22). The number of carbonyl (C=O) groups excluding carboxylic acids is 2. The highest BCUT2D eigenvalue weighted by Gasteiger charge is 2.27. The van der Waals surface area contributed by atoms with Crippen LogP contribution in [0.2, 0.25) is 0 Å². The van der Waals surface area contributed by atoms with Crippen molar-refractivity contribution >= 4 is 23.2 Å². The maximum absolute atomic E-state index is 13.0. The average Bonchev–Trinajstić information content (AvgIpc) is 3.13. The first-order valence-corrected chi connectivity index (χ1v) is 8.06. The minimum Gasteiger partial charge on any atom is -0.347 e. The molecule has 0 saturated carbocycles. The minimum absolute atomic E-state index is 0.171. The molecule has 0 bridgehead atoms. The van der Waals surface area contributed by atoms with E-state index in [9.17, 15) is 18.4 Å². The number of hydrogen-bond donors (Lipinski definition) is 3. The Morgan fingerprint density at radius 2 is 1.79 bits per heavy atom. The Hall–Kier alpha value is -2.32. The predicted octanol–water partition coefficient (Wildman–Crippen LogP) is 2.00. The van der Waals surface area contributed by atoms with Crippen molar-refractivity contribution < 1.29 is 18.4 Å². The van der Waals surface area contributed by atoms with Crippen LogP contribution in [0.3, 0.4) is 0 Å². The zero-order valence-corrected chi connectivity index (χ0v) is 13.5. The van der Waals surface area contributed by atoms with Crippen molar-refractivity contribution in [1.29, 1.82) is 0 Å². The fraction of sp³-hybridized carbons (Fsp3) is 0.250. The SMILES string of the molecule is NCC(F)(F)CNC(=O)c1ccc(CNC(=O)c2cccs2)cc1. The smallest absolute Gasteiger partial charge is 0.277 e. The Kier molecular flexibility index (Phi) is 5.99. The van der Waals surface area contributed by atoms with Gasteiger partial charge < -0.3 is 16.4 Å². The summed E-state index contributed by atoms with van der Waals surface area (Å²) in [5.41, 5.74) is 5.96. The quantitative estimate of drug-likeness (QED) is 0.712. The molecule has 0 aliphatic heterocycles. The first-order chi connectivity index (χ1) is 11.4. The maximum atomic E-state index is 13.0. The second-order valence-corrected chi connectivity index (χ2v) is 6.05. The van der Waals surface area contributed by atoms with Crippen molar-refractivity contribution in [2.24, 2.45) is 5.73 Å². The van der Waals surface area contributed by atoms with Gasteiger partial charge in [-0.1, -0.05) is 18.2 Å². The van der Waals surface area contributed by atoms with E-state index in [1.807, 2.05) is 5.38 Å². The van der Waals surface area contributed by atoms with E-state index in [4.69, 9.17) is 5.73 Å². The van der Waals surface area contributed by atoms with Gasteiger partial charge in [0.25, 0.3) is 17.7 Å². The molecule has 128 valence electrons. The van der Waals surface area contributed by atoms with Crippen LogP contribution < -0.4 is 16.4 Å². The Labute approximate surface area is 141 Å². The fourth-order valence-electron chi connectivity index (χ4n) is 1.84. The van der Waals surface area contributed by atoms with Crippen molar-refractivity contribution in [2.45, 2.75) is 12.5 Å². The Balaban J connectivity index is 1.86. The van der Waals surface area contributed by atoms with Gasteiger partial charge in [-0.05, 0) is 29.1 Å². The molecule has 0 unspecified atom stereocenters. The fourth-order valence-corrected chi connectivity index (χ4v) is 2.48. The lowest BCUT2D eigenvalue weighted by Gasteiger charge is -2.14. The number of alkyl halides is 2. The van der Waals surface area contributed by atoms with Crippen LogP contribution in [0.5, 0.6) is 0 Å². The summed E-state index contributed by atoms with van der Waals surface area (Å²) in [7, 11) is 0. The van der Waals surface area contributed by atoms with E-state index in [0.717, 1.165) is 5.56 Å². The number of amides is 2. The van der Waals surface area contributed by atoms with E-state index in [0.29, 0.717) is 11.4 Å². The number of thiophene rings is 1. The molecule has 0 aliphatic carbocycles. The maximum Gasteiger partial charge on any atom is 0.277 e. The number of benzene rings is 1. The molecular formula is C16H17F2N3O2S. The molecule has 0 fully saturated rings. The second kappa shape index (κ2) is 7.98. The molecule has 0 atom stereocenters. The molecule has 2 rings (SSSR count).